The lowest BCUT2D eigenvalue weighted by Crippen LogP contribution is -2.54. The summed E-state index contributed by atoms with van der Waals surface area (Å²) in [7, 11) is 0. The molecule has 3 fully saturated rings. The molecule has 0 aromatic heterocycles. The topological polar surface area (TPSA) is 69.7 Å². The molecule has 3 aromatic rings. The van der Waals surface area contributed by atoms with Gasteiger partial charge in [-0.1, -0.05) is 49.4 Å². The highest BCUT2D eigenvalue weighted by Crippen LogP contribution is 2.60. The summed E-state index contributed by atoms with van der Waals surface area (Å²) >= 11 is 0. The Labute approximate surface area is 197 Å². The second kappa shape index (κ2) is 6.76. The van der Waals surface area contributed by atoms with Crippen molar-refractivity contribution in [2.75, 3.05) is 16.8 Å². The molecule has 0 radical (unpaired) electrons. The van der Waals surface area contributed by atoms with Gasteiger partial charge in [-0.05, 0) is 60.3 Å². The van der Waals surface area contributed by atoms with Crippen molar-refractivity contribution in [3.05, 3.63) is 71.8 Å². The van der Waals surface area contributed by atoms with Crippen LogP contribution >= 0.6 is 0 Å². The highest BCUT2D eigenvalue weighted by molar-refractivity contribution is 6.26. The molecule has 7 rings (SSSR count). The van der Waals surface area contributed by atoms with Crippen LogP contribution in [-0.2, 0) is 26.3 Å². The molecule has 0 saturated carbocycles. The van der Waals surface area contributed by atoms with Crippen molar-refractivity contribution in [3.63, 3.8) is 0 Å². The van der Waals surface area contributed by atoms with Gasteiger partial charge in [-0.2, -0.15) is 0 Å². The molecule has 6 heteroatoms. The zero-order valence-corrected chi connectivity index (χ0v) is 19.0. The Morgan fingerprint density at radius 2 is 1.79 bits per heavy atom. The van der Waals surface area contributed by atoms with Gasteiger partial charge in [-0.3, -0.25) is 19.3 Å². The van der Waals surface area contributed by atoms with Crippen LogP contribution in [-0.4, -0.2) is 35.2 Å². The molecule has 4 aliphatic rings. The number of benzene rings is 3. The molecular weight excluding hydrogens is 426 g/mol. The minimum atomic E-state index is -1.12. The highest BCUT2D eigenvalue weighted by atomic mass is 16.2. The van der Waals surface area contributed by atoms with Crippen molar-refractivity contribution in [3.8, 4) is 0 Å². The summed E-state index contributed by atoms with van der Waals surface area (Å²) in [5.74, 6) is -1.83. The van der Waals surface area contributed by atoms with Gasteiger partial charge in [-0.15, -0.1) is 0 Å². The van der Waals surface area contributed by atoms with Crippen molar-refractivity contribution in [2.24, 2.45) is 11.8 Å². The lowest BCUT2D eigenvalue weighted by Gasteiger charge is -2.36. The van der Waals surface area contributed by atoms with E-state index in [9.17, 15) is 14.4 Å². The van der Waals surface area contributed by atoms with Crippen molar-refractivity contribution in [1.82, 2.24) is 4.90 Å². The van der Waals surface area contributed by atoms with Crippen LogP contribution < -0.4 is 10.2 Å². The quantitative estimate of drug-likeness (QED) is 0.602. The Hall–Kier alpha value is -3.51. The van der Waals surface area contributed by atoms with E-state index in [0.29, 0.717) is 5.69 Å². The molecular formula is C28H25N3O3. The molecule has 1 N–H and O–H groups in total. The molecule has 1 spiro atoms. The van der Waals surface area contributed by atoms with Gasteiger partial charge in [0.05, 0.1) is 17.5 Å². The highest BCUT2D eigenvalue weighted by Gasteiger charge is 2.74. The first-order chi connectivity index (χ1) is 16.6. The summed E-state index contributed by atoms with van der Waals surface area (Å²) in [5, 5.41) is 5.09. The molecule has 0 unspecified atom stereocenters. The van der Waals surface area contributed by atoms with E-state index >= 15 is 0 Å². The molecule has 34 heavy (non-hydrogen) atoms. The van der Waals surface area contributed by atoms with Crippen molar-refractivity contribution < 1.29 is 14.4 Å². The molecule has 4 aliphatic heterocycles. The number of anilines is 2. The number of hydrogen-bond donors (Lipinski definition) is 1. The Kier molecular flexibility index (Phi) is 3.96. The molecule has 3 amide bonds. The number of hydrogen-bond acceptors (Lipinski definition) is 4. The average Bonchev–Trinajstić information content (AvgIpc) is 3.56. The summed E-state index contributed by atoms with van der Waals surface area (Å²) in [5.41, 5.74) is 2.21. The first kappa shape index (κ1) is 19.9. The predicted octanol–water partition coefficient (Wildman–Crippen LogP) is 3.83. The first-order valence-electron chi connectivity index (χ1n) is 12.1. The maximum Gasteiger partial charge on any atom is 0.250 e. The molecule has 4 atom stereocenters. The van der Waals surface area contributed by atoms with Crippen LogP contribution in [0.5, 0.6) is 0 Å². The minimum absolute atomic E-state index is 0.103. The van der Waals surface area contributed by atoms with Gasteiger partial charge in [-0.25, -0.2) is 4.90 Å². The lowest BCUT2D eigenvalue weighted by molar-refractivity contribution is -0.135. The van der Waals surface area contributed by atoms with E-state index in [-0.39, 0.29) is 23.8 Å². The molecule has 3 aromatic carbocycles. The fraction of sp³-hybridized carbons (Fsp3) is 0.321. The van der Waals surface area contributed by atoms with Gasteiger partial charge in [0, 0.05) is 17.3 Å². The van der Waals surface area contributed by atoms with E-state index in [1.54, 1.807) is 0 Å². The third-order valence-corrected chi connectivity index (χ3v) is 8.46. The van der Waals surface area contributed by atoms with Gasteiger partial charge >= 0.3 is 0 Å². The monoisotopic (exact) mass is 451 g/mol. The normalized spacial score (nSPS) is 29.7. The maximum absolute atomic E-state index is 14.1. The van der Waals surface area contributed by atoms with E-state index < -0.39 is 17.4 Å². The third-order valence-electron chi connectivity index (χ3n) is 8.46. The minimum Gasteiger partial charge on any atom is -0.324 e. The Balaban J connectivity index is 1.41. The summed E-state index contributed by atoms with van der Waals surface area (Å²) in [6, 6.07) is 19.5. The number of fused-ring (bicyclic) bond motifs is 8. The van der Waals surface area contributed by atoms with Crippen LogP contribution in [0.1, 0.15) is 30.9 Å². The van der Waals surface area contributed by atoms with Gasteiger partial charge in [0.25, 0.3) is 0 Å². The fourth-order valence-corrected chi connectivity index (χ4v) is 7.04. The number of rotatable bonds is 2. The summed E-state index contributed by atoms with van der Waals surface area (Å²) in [4.78, 5) is 45.3. The third kappa shape index (κ3) is 2.27. The number of aryl methyl sites for hydroxylation is 1. The number of amides is 3. The molecule has 3 saturated heterocycles. The number of nitrogens with zero attached hydrogens (tertiary/aromatic N) is 2. The van der Waals surface area contributed by atoms with Crippen LogP contribution in [0.2, 0.25) is 0 Å². The van der Waals surface area contributed by atoms with E-state index in [4.69, 9.17) is 0 Å². The predicted molar refractivity (Wildman–Crippen MR) is 129 cm³/mol. The zero-order valence-electron chi connectivity index (χ0n) is 19.0. The van der Waals surface area contributed by atoms with Crippen LogP contribution in [0.3, 0.4) is 0 Å². The Morgan fingerprint density at radius 1 is 0.971 bits per heavy atom. The Morgan fingerprint density at radius 3 is 2.62 bits per heavy atom. The van der Waals surface area contributed by atoms with Crippen molar-refractivity contribution >= 4 is 39.9 Å². The average molecular weight is 452 g/mol. The van der Waals surface area contributed by atoms with E-state index in [2.05, 4.69) is 23.2 Å². The summed E-state index contributed by atoms with van der Waals surface area (Å²) < 4.78 is 0. The standard InChI is InChI=1S/C28H25N3O3/c1-2-16-9-12-21-20(14-16)28(27(34)29-21)24-23(22-8-5-13-30(22)28)25(32)31(26(24)33)19-11-10-17-6-3-4-7-18(17)15-19/h3-4,6-7,9-12,14-15,22-24H,2,5,8,13H2,1H3,(H,29,34)/t22-,23+,24-,28+/m0/s1. The Bertz CT molecular complexity index is 1420. The van der Waals surface area contributed by atoms with Gasteiger partial charge < -0.3 is 5.32 Å². The second-order valence-corrected chi connectivity index (χ2v) is 9.90. The maximum atomic E-state index is 14.1. The van der Waals surface area contributed by atoms with Gasteiger partial charge in [0.1, 0.15) is 5.54 Å². The fourth-order valence-electron chi connectivity index (χ4n) is 7.04. The van der Waals surface area contributed by atoms with Crippen LogP contribution in [0.4, 0.5) is 11.4 Å². The van der Waals surface area contributed by atoms with Gasteiger partial charge in [0.15, 0.2) is 0 Å². The molecule has 4 heterocycles. The largest absolute Gasteiger partial charge is 0.324 e. The van der Waals surface area contributed by atoms with E-state index in [1.165, 1.54) is 4.90 Å². The lowest BCUT2D eigenvalue weighted by atomic mass is 9.75. The first-order valence-corrected chi connectivity index (χ1v) is 12.1. The SMILES string of the molecule is CCc1ccc2c(c1)[C@]1(C(=O)N2)[C@@H]2C(=O)N(c3ccc4ccccc4c3)C(=O)[C@@H]2[C@@H]2CCCN21. The zero-order chi connectivity index (χ0) is 23.2. The second-order valence-electron chi connectivity index (χ2n) is 9.90. The molecule has 170 valence electrons. The van der Waals surface area contributed by atoms with Gasteiger partial charge in [0.2, 0.25) is 17.7 Å². The number of carbonyl (C=O) groups is 3. The molecule has 0 bridgehead atoms. The number of carbonyl (C=O) groups excluding carboxylic acids is 3. The molecule has 6 nitrogen and oxygen atoms in total. The number of imide groups is 1. The smallest absolute Gasteiger partial charge is 0.250 e. The van der Waals surface area contributed by atoms with Crippen molar-refractivity contribution in [1.29, 1.82) is 0 Å². The summed E-state index contributed by atoms with van der Waals surface area (Å²) in [6.07, 6.45) is 2.58. The molecule has 0 aliphatic carbocycles. The van der Waals surface area contributed by atoms with Crippen LogP contribution in [0, 0.1) is 11.8 Å². The van der Waals surface area contributed by atoms with E-state index in [0.717, 1.165) is 53.4 Å². The summed E-state index contributed by atoms with van der Waals surface area (Å²) in [6.45, 7) is 2.80. The van der Waals surface area contributed by atoms with E-state index in [1.807, 2.05) is 54.6 Å². The number of nitrogens with one attached hydrogen (secondary N) is 1. The van der Waals surface area contributed by atoms with Crippen LogP contribution in [0.25, 0.3) is 10.8 Å². The van der Waals surface area contributed by atoms with Crippen LogP contribution in [0.15, 0.2) is 60.7 Å². The van der Waals surface area contributed by atoms with Crippen molar-refractivity contribution in [2.45, 2.75) is 37.8 Å².